The van der Waals surface area contributed by atoms with Crippen molar-refractivity contribution in [1.82, 2.24) is 0 Å². The zero-order chi connectivity index (χ0) is 12.4. The third-order valence-corrected chi connectivity index (χ3v) is 4.33. The summed E-state index contributed by atoms with van der Waals surface area (Å²) in [6.07, 6.45) is 1.73. The molecule has 0 aliphatic carbocycles. The smallest absolute Gasteiger partial charge is 0.147 e. The largest absolute Gasteiger partial charge is 0.381 e. The lowest BCUT2D eigenvalue weighted by Crippen LogP contribution is -2.17. The summed E-state index contributed by atoms with van der Waals surface area (Å²) in [5.74, 6) is -0.000667. The Balaban J connectivity index is 2.13. The van der Waals surface area contributed by atoms with Gasteiger partial charge in [-0.2, -0.15) is 0 Å². The minimum Gasteiger partial charge on any atom is -0.381 e. The average Bonchev–Trinajstić information content (AvgIpc) is 2.78. The van der Waals surface area contributed by atoms with Gasteiger partial charge in [-0.15, -0.1) is 0 Å². The van der Waals surface area contributed by atoms with Gasteiger partial charge >= 0.3 is 0 Å². The fraction of sp³-hybridized carbons (Fsp3) is 0.500. The van der Waals surface area contributed by atoms with Gasteiger partial charge in [-0.3, -0.25) is 0 Å². The van der Waals surface area contributed by atoms with Gasteiger partial charge in [-0.25, -0.2) is 4.39 Å². The molecular weight excluding hydrogens is 308 g/mol. The molecule has 1 aliphatic heterocycles. The molecule has 0 amide bonds. The maximum Gasteiger partial charge on any atom is 0.147 e. The first kappa shape index (κ1) is 13.3. The summed E-state index contributed by atoms with van der Waals surface area (Å²) < 4.78 is 19.8. The van der Waals surface area contributed by atoms with Crippen LogP contribution in [0.5, 0.6) is 0 Å². The van der Waals surface area contributed by atoms with Crippen LogP contribution < -0.4 is 5.73 Å². The van der Waals surface area contributed by atoms with E-state index in [4.69, 9.17) is 22.1 Å². The number of hydrogen-bond donors (Lipinski definition) is 1. The van der Waals surface area contributed by atoms with E-state index in [9.17, 15) is 4.39 Å². The van der Waals surface area contributed by atoms with Crippen molar-refractivity contribution in [3.8, 4) is 0 Å². The van der Waals surface area contributed by atoms with Gasteiger partial charge in [0.1, 0.15) is 5.82 Å². The second-order valence-electron chi connectivity index (χ2n) is 4.34. The molecule has 0 aromatic heterocycles. The summed E-state index contributed by atoms with van der Waals surface area (Å²) in [5.41, 5.74) is 6.50. The topological polar surface area (TPSA) is 35.2 Å². The monoisotopic (exact) mass is 321 g/mol. The van der Waals surface area contributed by atoms with Crippen LogP contribution in [0.25, 0.3) is 0 Å². The van der Waals surface area contributed by atoms with E-state index in [1.807, 2.05) is 0 Å². The van der Waals surface area contributed by atoms with Gasteiger partial charge in [0, 0.05) is 29.3 Å². The van der Waals surface area contributed by atoms with E-state index in [-0.39, 0.29) is 11.1 Å². The normalized spacial score (nSPS) is 21.8. The summed E-state index contributed by atoms with van der Waals surface area (Å²) in [6, 6.07) is 3.09. The van der Waals surface area contributed by atoms with E-state index in [1.54, 1.807) is 12.1 Å². The second kappa shape index (κ2) is 5.65. The van der Waals surface area contributed by atoms with Gasteiger partial charge in [0.15, 0.2) is 0 Å². The third-order valence-electron chi connectivity index (χ3n) is 3.08. The number of ether oxygens (including phenoxy) is 1. The molecule has 2 N–H and O–H groups in total. The summed E-state index contributed by atoms with van der Waals surface area (Å²) in [4.78, 5) is 0. The van der Waals surface area contributed by atoms with Crippen molar-refractivity contribution in [2.75, 3.05) is 13.2 Å². The van der Waals surface area contributed by atoms with Crippen molar-refractivity contribution in [2.45, 2.75) is 18.9 Å². The standard InChI is InChI=1S/C12H14BrClFNO/c13-9-2-1-8(12(15)11(9)14)10(16)5-7-3-4-17-6-7/h1-2,7,10H,3-6,16H2. The fourth-order valence-corrected chi connectivity index (χ4v) is 2.56. The first-order chi connectivity index (χ1) is 8.09. The van der Waals surface area contributed by atoms with Crippen molar-refractivity contribution < 1.29 is 9.13 Å². The van der Waals surface area contributed by atoms with E-state index in [0.717, 1.165) is 26.1 Å². The van der Waals surface area contributed by atoms with Crippen molar-refractivity contribution in [3.05, 3.63) is 33.0 Å². The highest BCUT2D eigenvalue weighted by Gasteiger charge is 2.22. The molecule has 2 nitrogen and oxygen atoms in total. The molecule has 1 aromatic rings. The highest BCUT2D eigenvalue weighted by molar-refractivity contribution is 9.10. The quantitative estimate of drug-likeness (QED) is 0.862. The van der Waals surface area contributed by atoms with Crippen LogP contribution in [0.1, 0.15) is 24.4 Å². The zero-order valence-corrected chi connectivity index (χ0v) is 11.6. The Morgan fingerprint density at radius 2 is 2.35 bits per heavy atom. The Bertz CT molecular complexity index is 410. The number of nitrogens with two attached hydrogens (primary N) is 1. The third kappa shape index (κ3) is 2.99. The molecule has 0 spiro atoms. The van der Waals surface area contributed by atoms with E-state index in [2.05, 4.69) is 15.9 Å². The van der Waals surface area contributed by atoms with Gasteiger partial charge in [0.05, 0.1) is 5.02 Å². The van der Waals surface area contributed by atoms with E-state index < -0.39 is 5.82 Å². The molecule has 2 unspecified atom stereocenters. The molecule has 1 aliphatic rings. The van der Waals surface area contributed by atoms with E-state index >= 15 is 0 Å². The van der Waals surface area contributed by atoms with Crippen LogP contribution in [0, 0.1) is 11.7 Å². The van der Waals surface area contributed by atoms with Gasteiger partial charge in [0.25, 0.3) is 0 Å². The summed E-state index contributed by atoms with van der Waals surface area (Å²) >= 11 is 9.03. The first-order valence-electron chi connectivity index (χ1n) is 5.56. The molecule has 1 heterocycles. The minimum atomic E-state index is -0.424. The number of halogens is 3. The minimum absolute atomic E-state index is 0.0978. The van der Waals surface area contributed by atoms with Gasteiger partial charge in [-0.05, 0) is 40.8 Å². The predicted octanol–water partition coefficient (Wildman–Crippen LogP) is 3.67. The predicted molar refractivity (Wildman–Crippen MR) is 69.6 cm³/mol. The van der Waals surface area contributed by atoms with Crippen LogP contribution in [0.4, 0.5) is 4.39 Å². The summed E-state index contributed by atoms with van der Waals surface area (Å²) in [5, 5.41) is 0.0978. The van der Waals surface area contributed by atoms with E-state index in [1.165, 1.54) is 0 Å². The Labute approximate surface area is 113 Å². The van der Waals surface area contributed by atoms with Gasteiger partial charge < -0.3 is 10.5 Å². The van der Waals surface area contributed by atoms with Crippen LogP contribution in [0.3, 0.4) is 0 Å². The lowest BCUT2D eigenvalue weighted by Gasteiger charge is -2.17. The van der Waals surface area contributed by atoms with E-state index in [0.29, 0.717) is 16.0 Å². The Morgan fingerprint density at radius 1 is 1.59 bits per heavy atom. The Kier molecular flexibility index (Phi) is 4.42. The molecule has 94 valence electrons. The van der Waals surface area contributed by atoms with Crippen molar-refractivity contribution in [2.24, 2.45) is 11.7 Å². The molecule has 1 aromatic carbocycles. The van der Waals surface area contributed by atoms with Crippen LogP contribution in [-0.4, -0.2) is 13.2 Å². The maximum atomic E-state index is 13.9. The van der Waals surface area contributed by atoms with Crippen molar-refractivity contribution in [3.63, 3.8) is 0 Å². The molecule has 1 saturated heterocycles. The molecular formula is C12H14BrClFNO. The first-order valence-corrected chi connectivity index (χ1v) is 6.73. The summed E-state index contributed by atoms with van der Waals surface area (Å²) in [6.45, 7) is 1.50. The molecule has 0 bridgehead atoms. The van der Waals surface area contributed by atoms with Crippen molar-refractivity contribution >= 4 is 27.5 Å². The second-order valence-corrected chi connectivity index (χ2v) is 5.57. The highest BCUT2D eigenvalue weighted by Crippen LogP contribution is 2.32. The lowest BCUT2D eigenvalue weighted by molar-refractivity contribution is 0.182. The summed E-state index contributed by atoms with van der Waals surface area (Å²) in [7, 11) is 0. The zero-order valence-electron chi connectivity index (χ0n) is 9.26. The molecule has 2 rings (SSSR count). The average molecular weight is 323 g/mol. The Morgan fingerprint density at radius 3 is 3.00 bits per heavy atom. The maximum absolute atomic E-state index is 13.9. The van der Waals surface area contributed by atoms with Crippen LogP contribution in [0.2, 0.25) is 5.02 Å². The van der Waals surface area contributed by atoms with Crippen LogP contribution in [-0.2, 0) is 4.74 Å². The SMILES string of the molecule is NC(CC1CCOC1)c1ccc(Br)c(Cl)c1F. The molecule has 5 heteroatoms. The molecule has 0 saturated carbocycles. The molecule has 2 atom stereocenters. The van der Waals surface area contributed by atoms with Crippen molar-refractivity contribution in [1.29, 1.82) is 0 Å². The number of benzene rings is 1. The molecule has 0 radical (unpaired) electrons. The Hall–Kier alpha value is -0.160. The lowest BCUT2D eigenvalue weighted by atomic mass is 9.94. The molecule has 17 heavy (non-hydrogen) atoms. The van der Waals surface area contributed by atoms with Crippen LogP contribution in [0.15, 0.2) is 16.6 Å². The number of hydrogen-bond acceptors (Lipinski definition) is 2. The number of rotatable bonds is 3. The highest BCUT2D eigenvalue weighted by atomic mass is 79.9. The fourth-order valence-electron chi connectivity index (χ4n) is 2.08. The van der Waals surface area contributed by atoms with Crippen LogP contribution >= 0.6 is 27.5 Å². The molecule has 1 fully saturated rings. The van der Waals surface area contributed by atoms with Gasteiger partial charge in [0.2, 0.25) is 0 Å². The van der Waals surface area contributed by atoms with Gasteiger partial charge in [-0.1, -0.05) is 17.7 Å².